The maximum Gasteiger partial charge on any atom is 0.326 e. The molecule has 1 N–H and O–H groups in total. The highest BCUT2D eigenvalue weighted by Gasteiger charge is 2.48. The van der Waals surface area contributed by atoms with Crippen LogP contribution in [0.15, 0.2) is 4.52 Å². The fraction of sp³-hybridized carbons (Fsp3) is 0.706. The predicted octanol–water partition coefficient (Wildman–Crippen LogP) is 2.41. The second-order valence-electron chi connectivity index (χ2n) is 7.05. The standard InChI is InChI=1S/C17H22N2O4/c20-16(15-11-6-2-4-8-14(11)23-18-15)19-12-7-3-1-5-10(12)9-13(19)17(21)22/h10,12-13H,1-9H2,(H,21,22)/t10-,12-,13+/m1/s1. The molecule has 0 unspecified atom stereocenters. The molecule has 0 radical (unpaired) electrons. The van der Waals surface area contributed by atoms with Gasteiger partial charge in [0.05, 0.1) is 0 Å². The van der Waals surface area contributed by atoms with Crippen LogP contribution in [0.5, 0.6) is 0 Å². The number of fused-ring (bicyclic) bond motifs is 2. The minimum Gasteiger partial charge on any atom is -0.480 e. The van der Waals surface area contributed by atoms with Crippen LogP contribution < -0.4 is 0 Å². The Morgan fingerprint density at radius 3 is 2.74 bits per heavy atom. The Kier molecular flexibility index (Phi) is 3.62. The van der Waals surface area contributed by atoms with E-state index in [1.807, 2.05) is 0 Å². The Bertz CT molecular complexity index is 639. The molecule has 0 bridgehead atoms. The monoisotopic (exact) mass is 318 g/mol. The van der Waals surface area contributed by atoms with E-state index in [-0.39, 0.29) is 11.9 Å². The molecule has 0 aromatic carbocycles. The van der Waals surface area contributed by atoms with E-state index in [4.69, 9.17) is 4.52 Å². The van der Waals surface area contributed by atoms with Gasteiger partial charge >= 0.3 is 5.97 Å². The average molecular weight is 318 g/mol. The Hall–Kier alpha value is -1.85. The summed E-state index contributed by atoms with van der Waals surface area (Å²) in [5.74, 6) is -0.00814. The highest BCUT2D eigenvalue weighted by molar-refractivity contribution is 5.97. The van der Waals surface area contributed by atoms with Crippen LogP contribution in [0.2, 0.25) is 0 Å². The number of aliphatic carboxylic acids is 1. The molecule has 1 aromatic heterocycles. The number of hydrogen-bond acceptors (Lipinski definition) is 4. The minimum atomic E-state index is -0.898. The quantitative estimate of drug-likeness (QED) is 0.905. The van der Waals surface area contributed by atoms with Gasteiger partial charge in [0.1, 0.15) is 11.8 Å². The molecule has 1 saturated carbocycles. The van der Waals surface area contributed by atoms with Crippen LogP contribution in [-0.4, -0.2) is 39.1 Å². The lowest BCUT2D eigenvalue weighted by molar-refractivity contribution is -0.141. The van der Waals surface area contributed by atoms with E-state index >= 15 is 0 Å². The van der Waals surface area contributed by atoms with Gasteiger partial charge in [-0.25, -0.2) is 4.79 Å². The van der Waals surface area contributed by atoms with Crippen LogP contribution >= 0.6 is 0 Å². The summed E-state index contributed by atoms with van der Waals surface area (Å²) in [6.45, 7) is 0. The molecule has 0 spiro atoms. The van der Waals surface area contributed by atoms with E-state index in [2.05, 4.69) is 5.16 Å². The molecule has 2 heterocycles. The van der Waals surface area contributed by atoms with Crippen LogP contribution in [0.4, 0.5) is 0 Å². The first kappa shape index (κ1) is 14.7. The second-order valence-corrected chi connectivity index (χ2v) is 7.05. The molecule has 4 rings (SSSR count). The van der Waals surface area contributed by atoms with Crippen molar-refractivity contribution >= 4 is 11.9 Å². The second kappa shape index (κ2) is 5.65. The van der Waals surface area contributed by atoms with Gasteiger partial charge in [-0.3, -0.25) is 4.79 Å². The lowest BCUT2D eigenvalue weighted by Crippen LogP contribution is -2.46. The minimum absolute atomic E-state index is 0.0493. The first-order chi connectivity index (χ1) is 11.2. The summed E-state index contributed by atoms with van der Waals surface area (Å²) in [7, 11) is 0. The molecular weight excluding hydrogens is 296 g/mol. The average Bonchev–Trinajstić information content (AvgIpc) is 3.16. The van der Waals surface area contributed by atoms with Crippen molar-refractivity contribution in [2.75, 3.05) is 0 Å². The number of aromatic nitrogens is 1. The number of carbonyl (C=O) groups is 2. The van der Waals surface area contributed by atoms with Gasteiger partial charge in [0.15, 0.2) is 5.69 Å². The summed E-state index contributed by atoms with van der Waals surface area (Å²) in [6.07, 6.45) is 8.42. The van der Waals surface area contributed by atoms with E-state index in [0.717, 1.165) is 62.7 Å². The van der Waals surface area contributed by atoms with Crippen molar-refractivity contribution < 1.29 is 19.2 Å². The van der Waals surface area contributed by atoms with Gasteiger partial charge in [-0.1, -0.05) is 18.0 Å². The van der Waals surface area contributed by atoms with Crippen molar-refractivity contribution in [1.82, 2.24) is 10.1 Å². The third kappa shape index (κ3) is 2.35. The third-order valence-corrected chi connectivity index (χ3v) is 5.76. The number of carboxylic acids is 1. The van der Waals surface area contributed by atoms with E-state index in [0.29, 0.717) is 18.0 Å². The van der Waals surface area contributed by atoms with Crippen molar-refractivity contribution in [2.45, 2.75) is 69.9 Å². The molecule has 1 saturated heterocycles. The van der Waals surface area contributed by atoms with E-state index in [9.17, 15) is 14.7 Å². The number of hydrogen-bond donors (Lipinski definition) is 1. The number of likely N-dealkylation sites (tertiary alicyclic amines) is 1. The summed E-state index contributed by atoms with van der Waals surface area (Å²) < 4.78 is 5.35. The van der Waals surface area contributed by atoms with Crippen molar-refractivity contribution in [2.24, 2.45) is 5.92 Å². The van der Waals surface area contributed by atoms with Crippen LogP contribution in [0, 0.1) is 5.92 Å². The van der Waals surface area contributed by atoms with Crippen LogP contribution in [0.1, 0.15) is 66.8 Å². The Balaban J connectivity index is 1.67. The van der Waals surface area contributed by atoms with Gasteiger partial charge in [0.25, 0.3) is 5.91 Å². The predicted molar refractivity (Wildman–Crippen MR) is 81.1 cm³/mol. The normalized spacial score (nSPS) is 29.9. The molecule has 3 atom stereocenters. The van der Waals surface area contributed by atoms with Crippen molar-refractivity contribution in [1.29, 1.82) is 0 Å². The van der Waals surface area contributed by atoms with Crippen LogP contribution in [0.3, 0.4) is 0 Å². The van der Waals surface area contributed by atoms with E-state index < -0.39 is 12.0 Å². The SMILES string of the molecule is O=C(O)[C@@H]1C[C@H]2CCCC[C@H]2N1C(=O)c1noc2c1CCCC2. The van der Waals surface area contributed by atoms with Gasteiger partial charge in [-0.2, -0.15) is 0 Å². The molecule has 6 heteroatoms. The number of rotatable bonds is 2. The highest BCUT2D eigenvalue weighted by Crippen LogP contribution is 2.41. The first-order valence-electron chi connectivity index (χ1n) is 8.69. The molecule has 2 aliphatic carbocycles. The van der Waals surface area contributed by atoms with Crippen molar-refractivity contribution in [3.8, 4) is 0 Å². The lowest BCUT2D eigenvalue weighted by atomic mass is 9.84. The molecular formula is C17H22N2O4. The molecule has 124 valence electrons. The molecule has 1 amide bonds. The van der Waals surface area contributed by atoms with Gasteiger partial charge in [-0.05, 0) is 44.4 Å². The zero-order chi connectivity index (χ0) is 16.0. The summed E-state index contributed by atoms with van der Waals surface area (Å²) in [6, 6.07) is -0.667. The molecule has 1 aromatic rings. The van der Waals surface area contributed by atoms with E-state index in [1.54, 1.807) is 4.90 Å². The fourth-order valence-electron chi connectivity index (χ4n) is 4.65. The Labute approximate surface area is 134 Å². The first-order valence-corrected chi connectivity index (χ1v) is 8.69. The maximum absolute atomic E-state index is 13.1. The third-order valence-electron chi connectivity index (χ3n) is 5.76. The Morgan fingerprint density at radius 2 is 1.91 bits per heavy atom. The largest absolute Gasteiger partial charge is 0.480 e. The molecule has 1 aliphatic heterocycles. The Morgan fingerprint density at radius 1 is 1.13 bits per heavy atom. The molecule has 3 aliphatic rings. The topological polar surface area (TPSA) is 83.6 Å². The summed E-state index contributed by atoms with van der Waals surface area (Å²) in [4.78, 5) is 26.4. The van der Waals surface area contributed by atoms with Gasteiger partial charge in [0.2, 0.25) is 0 Å². The van der Waals surface area contributed by atoms with Gasteiger partial charge < -0.3 is 14.5 Å². The molecule has 2 fully saturated rings. The zero-order valence-electron chi connectivity index (χ0n) is 13.2. The number of carbonyl (C=O) groups excluding carboxylic acids is 1. The van der Waals surface area contributed by atoms with E-state index in [1.165, 1.54) is 0 Å². The van der Waals surface area contributed by atoms with Crippen molar-refractivity contribution in [3.63, 3.8) is 0 Å². The highest BCUT2D eigenvalue weighted by atomic mass is 16.5. The number of aryl methyl sites for hydroxylation is 1. The molecule has 6 nitrogen and oxygen atoms in total. The maximum atomic E-state index is 13.1. The lowest BCUT2D eigenvalue weighted by Gasteiger charge is -2.32. The summed E-state index contributed by atoms with van der Waals surface area (Å²) in [5.41, 5.74) is 1.27. The summed E-state index contributed by atoms with van der Waals surface area (Å²) >= 11 is 0. The number of carboxylic acid groups (broad SMARTS) is 1. The van der Waals surface area contributed by atoms with Crippen LogP contribution in [-0.2, 0) is 17.6 Å². The van der Waals surface area contributed by atoms with Gasteiger partial charge in [-0.15, -0.1) is 0 Å². The molecule has 23 heavy (non-hydrogen) atoms. The number of amides is 1. The fourth-order valence-corrected chi connectivity index (χ4v) is 4.65. The smallest absolute Gasteiger partial charge is 0.326 e. The van der Waals surface area contributed by atoms with Crippen LogP contribution in [0.25, 0.3) is 0 Å². The van der Waals surface area contributed by atoms with Crippen molar-refractivity contribution in [3.05, 3.63) is 17.0 Å². The van der Waals surface area contributed by atoms with Gasteiger partial charge in [0, 0.05) is 18.0 Å². The zero-order valence-corrected chi connectivity index (χ0v) is 13.2. The summed E-state index contributed by atoms with van der Waals surface area (Å²) in [5, 5.41) is 13.6. The number of nitrogens with zero attached hydrogens (tertiary/aromatic N) is 2.